The van der Waals surface area contributed by atoms with Crippen LogP contribution in [-0.4, -0.2) is 35.6 Å². The van der Waals surface area contributed by atoms with Gasteiger partial charge in [-0.3, -0.25) is 9.69 Å². The summed E-state index contributed by atoms with van der Waals surface area (Å²) in [5.41, 5.74) is 0. The van der Waals surface area contributed by atoms with Gasteiger partial charge in [-0.25, -0.2) is 0 Å². The molecule has 0 amide bonds. The maximum Gasteiger partial charge on any atom is 0.317 e. The Morgan fingerprint density at radius 1 is 1.25 bits per heavy atom. The Hall–Kier alpha value is -0.830. The van der Waals surface area contributed by atoms with Crippen molar-refractivity contribution >= 4 is 5.97 Å². The second-order valence-electron chi connectivity index (χ2n) is 4.19. The van der Waals surface area contributed by atoms with E-state index in [0.717, 1.165) is 13.0 Å². The fourth-order valence-corrected chi connectivity index (χ4v) is 1.72. The highest BCUT2D eigenvalue weighted by molar-refractivity contribution is 5.69. The highest BCUT2D eigenvalue weighted by Gasteiger charge is 2.06. The average Bonchev–Trinajstić information content (AvgIpc) is 2.22. The Kier molecular flexibility index (Phi) is 10.1. The molecule has 0 saturated carbocycles. The lowest BCUT2D eigenvalue weighted by atomic mass is 10.1. The van der Waals surface area contributed by atoms with Gasteiger partial charge in [-0.05, 0) is 13.0 Å². The van der Waals surface area contributed by atoms with Crippen molar-refractivity contribution in [3.8, 4) is 0 Å². The number of rotatable bonds is 11. The predicted molar refractivity (Wildman–Crippen MR) is 67.6 cm³/mol. The van der Waals surface area contributed by atoms with E-state index >= 15 is 0 Å². The maximum atomic E-state index is 10.6. The number of carboxylic acids is 1. The smallest absolute Gasteiger partial charge is 0.317 e. The van der Waals surface area contributed by atoms with Crippen LogP contribution in [0.25, 0.3) is 0 Å². The van der Waals surface area contributed by atoms with Crippen molar-refractivity contribution in [3.05, 3.63) is 12.7 Å². The molecule has 0 aromatic rings. The van der Waals surface area contributed by atoms with E-state index in [1.54, 1.807) is 6.08 Å². The molecule has 0 radical (unpaired) electrons. The van der Waals surface area contributed by atoms with Gasteiger partial charge in [0.25, 0.3) is 0 Å². The minimum atomic E-state index is -0.757. The Morgan fingerprint density at radius 3 is 2.44 bits per heavy atom. The van der Waals surface area contributed by atoms with Crippen LogP contribution >= 0.6 is 0 Å². The summed E-state index contributed by atoms with van der Waals surface area (Å²) in [4.78, 5) is 12.5. The van der Waals surface area contributed by atoms with Gasteiger partial charge in [-0.2, -0.15) is 0 Å². The molecule has 0 aliphatic heterocycles. The molecule has 0 atom stereocenters. The third kappa shape index (κ3) is 9.71. The molecular formula is C13H25NO2. The normalized spacial score (nSPS) is 10.6. The summed E-state index contributed by atoms with van der Waals surface area (Å²) in [5, 5.41) is 8.71. The highest BCUT2D eigenvalue weighted by atomic mass is 16.4. The molecule has 94 valence electrons. The third-order valence-corrected chi connectivity index (χ3v) is 2.57. The van der Waals surface area contributed by atoms with Crippen molar-refractivity contribution in [2.75, 3.05) is 19.6 Å². The Balaban J connectivity index is 3.51. The number of aliphatic carboxylic acids is 1. The van der Waals surface area contributed by atoms with Crippen molar-refractivity contribution in [2.24, 2.45) is 0 Å². The van der Waals surface area contributed by atoms with E-state index in [1.165, 1.54) is 32.1 Å². The first-order chi connectivity index (χ1) is 7.70. The molecule has 0 fully saturated rings. The van der Waals surface area contributed by atoms with Crippen LogP contribution in [0.4, 0.5) is 0 Å². The van der Waals surface area contributed by atoms with Crippen molar-refractivity contribution in [2.45, 2.75) is 45.4 Å². The summed E-state index contributed by atoms with van der Waals surface area (Å²) in [6, 6.07) is 0. The van der Waals surface area contributed by atoms with E-state index in [4.69, 9.17) is 5.11 Å². The van der Waals surface area contributed by atoms with Gasteiger partial charge in [0.05, 0.1) is 6.54 Å². The number of unbranched alkanes of at least 4 members (excludes halogenated alkanes) is 5. The summed E-state index contributed by atoms with van der Waals surface area (Å²) in [6.07, 6.45) is 9.20. The quantitative estimate of drug-likeness (QED) is 0.436. The molecule has 0 aromatic carbocycles. The first kappa shape index (κ1) is 15.2. The Labute approximate surface area is 99.1 Å². The number of carbonyl (C=O) groups is 1. The lowest BCUT2D eigenvalue weighted by molar-refractivity contribution is -0.138. The van der Waals surface area contributed by atoms with Crippen molar-refractivity contribution in [1.82, 2.24) is 4.90 Å². The Bertz CT molecular complexity index is 192. The van der Waals surface area contributed by atoms with Gasteiger partial charge in [0.15, 0.2) is 0 Å². The second kappa shape index (κ2) is 10.7. The molecule has 0 aliphatic rings. The van der Waals surface area contributed by atoms with Gasteiger partial charge < -0.3 is 5.11 Å². The van der Waals surface area contributed by atoms with Crippen LogP contribution in [0, 0.1) is 0 Å². The molecule has 1 N–H and O–H groups in total. The van der Waals surface area contributed by atoms with Crippen molar-refractivity contribution < 1.29 is 9.90 Å². The monoisotopic (exact) mass is 227 g/mol. The molecule has 3 nitrogen and oxygen atoms in total. The summed E-state index contributed by atoms with van der Waals surface area (Å²) in [5.74, 6) is -0.757. The zero-order valence-electron chi connectivity index (χ0n) is 10.5. The van der Waals surface area contributed by atoms with Crippen molar-refractivity contribution in [3.63, 3.8) is 0 Å². The second-order valence-corrected chi connectivity index (χ2v) is 4.19. The average molecular weight is 227 g/mol. The summed E-state index contributed by atoms with van der Waals surface area (Å²) >= 11 is 0. The topological polar surface area (TPSA) is 40.5 Å². The lowest BCUT2D eigenvalue weighted by Crippen LogP contribution is -2.30. The van der Waals surface area contributed by atoms with E-state index < -0.39 is 5.97 Å². The van der Waals surface area contributed by atoms with Gasteiger partial charge in [0.2, 0.25) is 0 Å². The van der Waals surface area contributed by atoms with Gasteiger partial charge >= 0.3 is 5.97 Å². The molecular weight excluding hydrogens is 202 g/mol. The van der Waals surface area contributed by atoms with Crippen molar-refractivity contribution in [1.29, 1.82) is 0 Å². The van der Waals surface area contributed by atoms with Crippen LogP contribution in [0.1, 0.15) is 45.4 Å². The van der Waals surface area contributed by atoms with E-state index in [2.05, 4.69) is 13.5 Å². The highest BCUT2D eigenvalue weighted by Crippen LogP contribution is 2.05. The molecule has 0 bridgehead atoms. The molecule has 0 aromatic heterocycles. The van der Waals surface area contributed by atoms with Gasteiger partial charge in [-0.15, -0.1) is 6.58 Å². The number of hydrogen-bond donors (Lipinski definition) is 1. The fourth-order valence-electron chi connectivity index (χ4n) is 1.72. The van der Waals surface area contributed by atoms with Gasteiger partial charge in [-0.1, -0.05) is 45.1 Å². The molecule has 0 rings (SSSR count). The summed E-state index contributed by atoms with van der Waals surface area (Å²) < 4.78 is 0. The predicted octanol–water partition coefficient (Wildman–Crippen LogP) is 2.92. The van der Waals surface area contributed by atoms with Crippen LogP contribution in [0.15, 0.2) is 12.7 Å². The standard InChI is InChI=1S/C13H25NO2/c1-3-5-6-7-8-9-11-14(10-4-2)12-13(15)16/h4H,2-3,5-12H2,1H3,(H,15,16). The minimum Gasteiger partial charge on any atom is -0.480 e. The van der Waals surface area contributed by atoms with Gasteiger partial charge in [0.1, 0.15) is 0 Å². The number of nitrogens with zero attached hydrogens (tertiary/aromatic N) is 1. The van der Waals surface area contributed by atoms with Crippen LogP contribution in [0.3, 0.4) is 0 Å². The molecule has 0 saturated heterocycles. The maximum absolute atomic E-state index is 10.6. The zero-order chi connectivity index (χ0) is 12.2. The van der Waals surface area contributed by atoms with Gasteiger partial charge in [0, 0.05) is 6.54 Å². The number of carboxylic acid groups (broad SMARTS) is 1. The minimum absolute atomic E-state index is 0.126. The largest absolute Gasteiger partial charge is 0.480 e. The molecule has 3 heteroatoms. The van der Waals surface area contributed by atoms with Crippen LogP contribution in [0.5, 0.6) is 0 Å². The first-order valence-electron chi connectivity index (χ1n) is 6.25. The third-order valence-electron chi connectivity index (χ3n) is 2.57. The fraction of sp³-hybridized carbons (Fsp3) is 0.769. The molecule has 0 heterocycles. The summed E-state index contributed by atoms with van der Waals surface area (Å²) in [6.45, 7) is 7.51. The van der Waals surface area contributed by atoms with E-state index in [0.29, 0.717) is 6.54 Å². The van der Waals surface area contributed by atoms with E-state index in [-0.39, 0.29) is 6.54 Å². The van der Waals surface area contributed by atoms with E-state index in [9.17, 15) is 4.79 Å². The summed E-state index contributed by atoms with van der Waals surface area (Å²) in [7, 11) is 0. The lowest BCUT2D eigenvalue weighted by Gasteiger charge is -2.17. The zero-order valence-corrected chi connectivity index (χ0v) is 10.5. The van der Waals surface area contributed by atoms with Crippen LogP contribution in [0.2, 0.25) is 0 Å². The number of hydrogen-bond acceptors (Lipinski definition) is 2. The van der Waals surface area contributed by atoms with Crippen LogP contribution < -0.4 is 0 Å². The first-order valence-corrected chi connectivity index (χ1v) is 6.25. The molecule has 0 aliphatic carbocycles. The molecule has 0 unspecified atom stereocenters. The molecule has 0 spiro atoms. The van der Waals surface area contributed by atoms with E-state index in [1.807, 2.05) is 4.90 Å². The Morgan fingerprint density at radius 2 is 1.88 bits per heavy atom. The van der Waals surface area contributed by atoms with Crippen LogP contribution in [-0.2, 0) is 4.79 Å². The molecule has 16 heavy (non-hydrogen) atoms. The SMILES string of the molecule is C=CCN(CCCCCCCC)CC(=O)O.